The first-order valence-electron chi connectivity index (χ1n) is 8.51. The van der Waals surface area contributed by atoms with Gasteiger partial charge in [0, 0.05) is 19.3 Å². The first kappa shape index (κ1) is 17.1. The summed E-state index contributed by atoms with van der Waals surface area (Å²) in [6, 6.07) is 13.3. The monoisotopic (exact) mass is 341 g/mol. The number of ether oxygens (including phenoxy) is 2. The average molecular weight is 341 g/mol. The minimum absolute atomic E-state index is 0.250. The van der Waals surface area contributed by atoms with Gasteiger partial charge in [0.05, 0.1) is 6.61 Å². The van der Waals surface area contributed by atoms with E-state index in [0.717, 1.165) is 18.4 Å². The molecule has 132 valence electrons. The molecule has 6 heteroatoms. The van der Waals surface area contributed by atoms with E-state index in [9.17, 15) is 4.79 Å². The molecule has 0 radical (unpaired) electrons. The molecule has 2 aromatic rings. The number of carbonyl (C=O) groups is 1. The van der Waals surface area contributed by atoms with Crippen LogP contribution in [0.25, 0.3) is 0 Å². The first-order valence-corrected chi connectivity index (χ1v) is 8.51. The highest BCUT2D eigenvalue weighted by atomic mass is 16.6. The van der Waals surface area contributed by atoms with Crippen LogP contribution in [-0.2, 0) is 11.3 Å². The maximum absolute atomic E-state index is 12.1. The van der Waals surface area contributed by atoms with Crippen molar-refractivity contribution in [2.75, 3.05) is 25.4 Å². The number of anilines is 1. The number of hydrogen-bond acceptors (Lipinski definition) is 5. The molecule has 0 bridgehead atoms. The van der Waals surface area contributed by atoms with Gasteiger partial charge in [0.1, 0.15) is 6.61 Å². The third-order valence-corrected chi connectivity index (χ3v) is 4.35. The number of piperidine rings is 1. The summed E-state index contributed by atoms with van der Waals surface area (Å²) in [6.07, 6.45) is 3.17. The Balaban J connectivity index is 1.39. The zero-order chi connectivity index (χ0) is 17.5. The summed E-state index contributed by atoms with van der Waals surface area (Å²) >= 11 is 0. The molecule has 0 unspecified atom stereocenters. The number of nitrogen functional groups attached to an aromatic ring is 1. The summed E-state index contributed by atoms with van der Waals surface area (Å²) in [7, 11) is 0. The fraction of sp³-hybridized carbons (Fsp3) is 0.368. The fourth-order valence-electron chi connectivity index (χ4n) is 2.83. The Kier molecular flexibility index (Phi) is 5.72. The van der Waals surface area contributed by atoms with Crippen molar-refractivity contribution in [3.63, 3.8) is 0 Å². The highest BCUT2D eigenvalue weighted by Gasteiger charge is 2.24. The summed E-state index contributed by atoms with van der Waals surface area (Å²) in [6.45, 7) is 2.26. The Bertz CT molecular complexity index is 685. The van der Waals surface area contributed by atoms with E-state index in [-0.39, 0.29) is 6.09 Å². The molecule has 0 atom stereocenters. The van der Waals surface area contributed by atoms with Crippen molar-refractivity contribution in [3.8, 4) is 5.75 Å². The van der Waals surface area contributed by atoms with Gasteiger partial charge in [0.15, 0.2) is 11.6 Å². The molecule has 2 heterocycles. The molecule has 1 aromatic heterocycles. The third-order valence-electron chi connectivity index (χ3n) is 4.35. The fourth-order valence-corrected chi connectivity index (χ4v) is 2.83. The maximum atomic E-state index is 12.1. The minimum Gasteiger partial charge on any atom is -0.489 e. The number of aromatic nitrogens is 1. The van der Waals surface area contributed by atoms with E-state index in [1.165, 1.54) is 0 Å². The number of pyridine rings is 1. The van der Waals surface area contributed by atoms with E-state index in [1.54, 1.807) is 17.2 Å². The van der Waals surface area contributed by atoms with Crippen LogP contribution in [0.3, 0.4) is 0 Å². The Labute approximate surface area is 147 Å². The number of carbonyl (C=O) groups excluding carboxylic acids is 1. The third kappa shape index (κ3) is 4.86. The Hall–Kier alpha value is -2.76. The molecule has 1 amide bonds. The second kappa shape index (κ2) is 8.37. The van der Waals surface area contributed by atoms with Crippen LogP contribution in [0.1, 0.15) is 18.4 Å². The number of hydrogen-bond donors (Lipinski definition) is 1. The van der Waals surface area contributed by atoms with Gasteiger partial charge >= 0.3 is 6.09 Å². The van der Waals surface area contributed by atoms with Gasteiger partial charge in [-0.15, -0.1) is 0 Å². The highest BCUT2D eigenvalue weighted by molar-refractivity contribution is 5.67. The average Bonchev–Trinajstić information content (AvgIpc) is 2.67. The van der Waals surface area contributed by atoms with Crippen molar-refractivity contribution < 1.29 is 14.3 Å². The lowest BCUT2D eigenvalue weighted by atomic mass is 9.98. The van der Waals surface area contributed by atoms with Crippen molar-refractivity contribution in [2.45, 2.75) is 19.4 Å². The van der Waals surface area contributed by atoms with Crippen LogP contribution in [0.15, 0.2) is 48.7 Å². The molecule has 3 rings (SSSR count). The molecule has 6 nitrogen and oxygen atoms in total. The van der Waals surface area contributed by atoms with Crippen LogP contribution < -0.4 is 10.5 Å². The van der Waals surface area contributed by atoms with Crippen molar-refractivity contribution in [2.24, 2.45) is 5.92 Å². The lowest BCUT2D eigenvalue weighted by Crippen LogP contribution is -2.40. The lowest BCUT2D eigenvalue weighted by molar-refractivity contribution is 0.0761. The molecule has 0 spiro atoms. The molecule has 1 aliphatic rings. The van der Waals surface area contributed by atoms with Gasteiger partial charge in [-0.1, -0.05) is 30.3 Å². The number of nitrogens with two attached hydrogens (primary N) is 1. The number of likely N-dealkylation sites (tertiary alicyclic amines) is 1. The zero-order valence-corrected chi connectivity index (χ0v) is 14.1. The van der Waals surface area contributed by atoms with E-state index >= 15 is 0 Å². The van der Waals surface area contributed by atoms with Crippen molar-refractivity contribution >= 4 is 11.9 Å². The van der Waals surface area contributed by atoms with E-state index in [2.05, 4.69) is 4.98 Å². The molecule has 1 aromatic carbocycles. The van der Waals surface area contributed by atoms with E-state index < -0.39 is 0 Å². The Morgan fingerprint density at radius 1 is 1.16 bits per heavy atom. The summed E-state index contributed by atoms with van der Waals surface area (Å²) in [5.74, 6) is 1.43. The summed E-state index contributed by atoms with van der Waals surface area (Å²) in [5.41, 5.74) is 6.77. The highest BCUT2D eigenvalue weighted by Crippen LogP contribution is 2.22. The minimum atomic E-state index is -0.250. The predicted octanol–water partition coefficient (Wildman–Crippen LogP) is 3.09. The second-order valence-electron chi connectivity index (χ2n) is 6.17. The standard InChI is InChI=1S/C19H23N3O3/c20-18-17(7-4-10-21-18)24-13-16-8-11-22(12-9-16)19(23)25-14-15-5-2-1-3-6-15/h1-7,10,16H,8-9,11-14H2,(H2,20,21). The predicted molar refractivity (Wildman–Crippen MR) is 95.1 cm³/mol. The van der Waals surface area contributed by atoms with E-state index in [0.29, 0.717) is 43.8 Å². The largest absolute Gasteiger partial charge is 0.489 e. The van der Waals surface area contributed by atoms with Crippen LogP contribution >= 0.6 is 0 Å². The summed E-state index contributed by atoms with van der Waals surface area (Å²) in [5, 5.41) is 0. The molecule has 1 saturated heterocycles. The van der Waals surface area contributed by atoms with Crippen molar-refractivity contribution in [1.82, 2.24) is 9.88 Å². The summed E-state index contributed by atoms with van der Waals surface area (Å²) in [4.78, 5) is 17.9. The van der Waals surface area contributed by atoms with Crippen LogP contribution in [0, 0.1) is 5.92 Å². The molecule has 0 aliphatic carbocycles. The SMILES string of the molecule is Nc1ncccc1OCC1CCN(C(=O)OCc2ccccc2)CC1. The number of nitrogens with zero attached hydrogens (tertiary/aromatic N) is 2. The van der Waals surface area contributed by atoms with Gasteiger partial charge in [0.2, 0.25) is 0 Å². The Morgan fingerprint density at radius 2 is 1.92 bits per heavy atom. The van der Waals surface area contributed by atoms with Gasteiger partial charge in [-0.2, -0.15) is 0 Å². The van der Waals surface area contributed by atoms with Gasteiger partial charge in [-0.3, -0.25) is 0 Å². The number of amides is 1. The van der Waals surface area contributed by atoms with Gasteiger partial charge < -0.3 is 20.1 Å². The molecule has 1 aliphatic heterocycles. The quantitative estimate of drug-likeness (QED) is 0.904. The van der Waals surface area contributed by atoms with Gasteiger partial charge in [-0.05, 0) is 36.5 Å². The van der Waals surface area contributed by atoms with Crippen LogP contribution in [0.4, 0.5) is 10.6 Å². The molecule has 1 fully saturated rings. The second-order valence-corrected chi connectivity index (χ2v) is 6.17. The Morgan fingerprint density at radius 3 is 2.64 bits per heavy atom. The number of benzene rings is 1. The van der Waals surface area contributed by atoms with Crippen LogP contribution in [0.5, 0.6) is 5.75 Å². The topological polar surface area (TPSA) is 77.7 Å². The molecular weight excluding hydrogens is 318 g/mol. The molecule has 0 saturated carbocycles. The summed E-state index contributed by atoms with van der Waals surface area (Å²) < 4.78 is 11.1. The van der Waals surface area contributed by atoms with Crippen molar-refractivity contribution in [3.05, 3.63) is 54.2 Å². The van der Waals surface area contributed by atoms with Crippen LogP contribution in [-0.4, -0.2) is 35.7 Å². The lowest BCUT2D eigenvalue weighted by Gasteiger charge is -2.31. The van der Waals surface area contributed by atoms with E-state index in [4.69, 9.17) is 15.2 Å². The van der Waals surface area contributed by atoms with Crippen molar-refractivity contribution in [1.29, 1.82) is 0 Å². The molecule has 2 N–H and O–H groups in total. The first-order chi connectivity index (χ1) is 12.2. The van der Waals surface area contributed by atoms with Gasteiger partial charge in [-0.25, -0.2) is 9.78 Å². The zero-order valence-electron chi connectivity index (χ0n) is 14.1. The molecular formula is C19H23N3O3. The normalized spacial score (nSPS) is 15.0. The number of rotatable bonds is 5. The molecule has 25 heavy (non-hydrogen) atoms. The van der Waals surface area contributed by atoms with Crippen LogP contribution in [0.2, 0.25) is 0 Å². The maximum Gasteiger partial charge on any atom is 0.410 e. The smallest absolute Gasteiger partial charge is 0.410 e. The van der Waals surface area contributed by atoms with E-state index in [1.807, 2.05) is 36.4 Å². The van der Waals surface area contributed by atoms with Gasteiger partial charge in [0.25, 0.3) is 0 Å².